The molecule has 1 aromatic heterocycles. The van der Waals surface area contributed by atoms with Crippen LogP contribution in [-0.2, 0) is 27.3 Å². The van der Waals surface area contributed by atoms with Crippen molar-refractivity contribution >= 4 is 11.9 Å². The Morgan fingerprint density at radius 3 is 2.61 bits per heavy atom. The van der Waals surface area contributed by atoms with Gasteiger partial charge in [-0.3, -0.25) is 9.59 Å². The van der Waals surface area contributed by atoms with E-state index >= 15 is 0 Å². The van der Waals surface area contributed by atoms with Crippen LogP contribution in [0.15, 0.2) is 59.1 Å². The first-order valence-corrected chi connectivity index (χ1v) is 9.68. The quantitative estimate of drug-likeness (QED) is 0.486. The van der Waals surface area contributed by atoms with Crippen molar-refractivity contribution in [2.75, 3.05) is 20.8 Å². The maximum absolute atomic E-state index is 13.0. The molecule has 7 nitrogen and oxygen atoms in total. The third-order valence-corrected chi connectivity index (χ3v) is 4.61. The van der Waals surface area contributed by atoms with Crippen LogP contribution in [0.1, 0.15) is 17.9 Å². The zero-order valence-corrected chi connectivity index (χ0v) is 17.3. The standard InChI is InChI=1S/C23H23FN2O5/c1-26(14-17-5-3-4-6-19(17)29-2)22(27)15-30-23(28)12-11-21-25-13-20(31-21)16-7-9-18(24)10-8-16/h3-10,13H,11-12,14-15H2,1-2H3. The molecule has 0 radical (unpaired) electrons. The summed E-state index contributed by atoms with van der Waals surface area (Å²) in [5.41, 5.74) is 1.54. The summed E-state index contributed by atoms with van der Waals surface area (Å²) in [7, 11) is 3.20. The molecule has 0 aliphatic heterocycles. The minimum absolute atomic E-state index is 0.0207. The van der Waals surface area contributed by atoms with Crippen molar-refractivity contribution in [3.05, 3.63) is 72.0 Å². The number of rotatable bonds is 9. The van der Waals surface area contributed by atoms with Crippen LogP contribution in [0.3, 0.4) is 0 Å². The third kappa shape index (κ3) is 6.15. The number of halogens is 1. The minimum atomic E-state index is -0.527. The Morgan fingerprint density at radius 1 is 1.13 bits per heavy atom. The zero-order valence-electron chi connectivity index (χ0n) is 17.3. The third-order valence-electron chi connectivity index (χ3n) is 4.61. The number of hydrogen-bond acceptors (Lipinski definition) is 6. The molecule has 0 unspecified atom stereocenters. The Labute approximate surface area is 179 Å². The predicted molar refractivity (Wildman–Crippen MR) is 111 cm³/mol. The highest BCUT2D eigenvalue weighted by atomic mass is 19.1. The van der Waals surface area contributed by atoms with Gasteiger partial charge in [0.1, 0.15) is 11.6 Å². The summed E-state index contributed by atoms with van der Waals surface area (Å²) in [6.45, 7) is -0.0141. The number of aromatic nitrogens is 1. The van der Waals surface area contributed by atoms with Gasteiger partial charge in [0.15, 0.2) is 18.3 Å². The van der Waals surface area contributed by atoms with Gasteiger partial charge in [-0.15, -0.1) is 0 Å². The first-order chi connectivity index (χ1) is 15.0. The van der Waals surface area contributed by atoms with Gasteiger partial charge >= 0.3 is 5.97 Å². The minimum Gasteiger partial charge on any atom is -0.496 e. The van der Waals surface area contributed by atoms with Gasteiger partial charge in [0.05, 0.1) is 19.7 Å². The predicted octanol–water partition coefficient (Wildman–Crippen LogP) is 3.62. The molecule has 0 bridgehead atoms. The van der Waals surface area contributed by atoms with E-state index in [1.165, 1.54) is 23.2 Å². The number of likely N-dealkylation sites (N-methyl/N-ethyl adjacent to an activating group) is 1. The van der Waals surface area contributed by atoms with E-state index in [0.717, 1.165) is 5.56 Å². The molecular weight excluding hydrogens is 403 g/mol. The lowest BCUT2D eigenvalue weighted by molar-refractivity contribution is -0.151. The molecule has 31 heavy (non-hydrogen) atoms. The number of para-hydroxylation sites is 1. The number of carbonyl (C=O) groups excluding carboxylic acids is 2. The molecule has 0 spiro atoms. The number of benzene rings is 2. The van der Waals surface area contributed by atoms with Crippen LogP contribution in [0.5, 0.6) is 5.75 Å². The largest absolute Gasteiger partial charge is 0.496 e. The van der Waals surface area contributed by atoms with E-state index in [4.69, 9.17) is 13.9 Å². The second-order valence-corrected chi connectivity index (χ2v) is 6.85. The summed E-state index contributed by atoms with van der Waals surface area (Å²) in [5.74, 6) is 0.335. The van der Waals surface area contributed by atoms with Crippen molar-refractivity contribution in [1.82, 2.24) is 9.88 Å². The summed E-state index contributed by atoms with van der Waals surface area (Å²) in [6, 6.07) is 13.2. The van der Waals surface area contributed by atoms with Crippen LogP contribution >= 0.6 is 0 Å². The number of amides is 1. The molecule has 2 aromatic carbocycles. The first kappa shape index (κ1) is 22.0. The molecule has 0 N–H and O–H groups in total. The average Bonchev–Trinajstić information content (AvgIpc) is 3.26. The van der Waals surface area contributed by atoms with Crippen LogP contribution in [0.25, 0.3) is 11.3 Å². The lowest BCUT2D eigenvalue weighted by Gasteiger charge is -2.18. The molecule has 3 aromatic rings. The van der Waals surface area contributed by atoms with Crippen molar-refractivity contribution in [1.29, 1.82) is 0 Å². The van der Waals surface area contributed by atoms with Gasteiger partial charge in [-0.25, -0.2) is 9.37 Å². The summed E-state index contributed by atoms with van der Waals surface area (Å²) >= 11 is 0. The fourth-order valence-electron chi connectivity index (χ4n) is 2.88. The number of carbonyl (C=O) groups is 2. The Bertz CT molecular complexity index is 1030. The monoisotopic (exact) mass is 426 g/mol. The summed E-state index contributed by atoms with van der Waals surface area (Å²) in [6.07, 6.45) is 1.77. The fourth-order valence-corrected chi connectivity index (χ4v) is 2.88. The average molecular weight is 426 g/mol. The van der Waals surface area contributed by atoms with Crippen molar-refractivity contribution < 1.29 is 27.9 Å². The summed E-state index contributed by atoms with van der Waals surface area (Å²) < 4.78 is 28.9. The van der Waals surface area contributed by atoms with E-state index in [1.807, 2.05) is 24.3 Å². The van der Waals surface area contributed by atoms with Gasteiger partial charge in [0, 0.05) is 31.1 Å². The molecule has 162 valence electrons. The lowest BCUT2D eigenvalue weighted by atomic mass is 10.2. The number of aryl methyl sites for hydroxylation is 1. The van der Waals surface area contributed by atoms with Crippen molar-refractivity contribution in [2.45, 2.75) is 19.4 Å². The molecule has 1 heterocycles. The number of esters is 1. The molecule has 8 heteroatoms. The van der Waals surface area contributed by atoms with E-state index < -0.39 is 5.97 Å². The van der Waals surface area contributed by atoms with Crippen LogP contribution in [0.2, 0.25) is 0 Å². The van der Waals surface area contributed by atoms with E-state index in [2.05, 4.69) is 4.98 Å². The van der Waals surface area contributed by atoms with Crippen molar-refractivity contribution in [2.24, 2.45) is 0 Å². The molecule has 0 saturated heterocycles. The van der Waals surface area contributed by atoms with Crippen molar-refractivity contribution in [3.63, 3.8) is 0 Å². The highest BCUT2D eigenvalue weighted by molar-refractivity contribution is 5.80. The Morgan fingerprint density at radius 2 is 1.87 bits per heavy atom. The zero-order chi connectivity index (χ0) is 22.2. The SMILES string of the molecule is COc1ccccc1CN(C)C(=O)COC(=O)CCc1ncc(-c2ccc(F)cc2)o1. The Balaban J connectivity index is 1.43. The number of methoxy groups -OCH3 is 1. The summed E-state index contributed by atoms with van der Waals surface area (Å²) in [4.78, 5) is 29.8. The topological polar surface area (TPSA) is 81.9 Å². The maximum Gasteiger partial charge on any atom is 0.306 e. The molecule has 0 atom stereocenters. The highest BCUT2D eigenvalue weighted by Gasteiger charge is 2.15. The summed E-state index contributed by atoms with van der Waals surface area (Å²) in [5, 5.41) is 0. The molecule has 0 aliphatic rings. The van der Waals surface area contributed by atoms with Gasteiger partial charge in [0.25, 0.3) is 5.91 Å². The fraction of sp³-hybridized carbons (Fsp3) is 0.261. The van der Waals surface area contributed by atoms with Gasteiger partial charge in [-0.1, -0.05) is 18.2 Å². The highest BCUT2D eigenvalue weighted by Crippen LogP contribution is 2.21. The number of ether oxygens (including phenoxy) is 2. The van der Waals surface area contributed by atoms with E-state index in [9.17, 15) is 14.0 Å². The van der Waals surface area contributed by atoms with Crippen LogP contribution < -0.4 is 4.74 Å². The molecular formula is C23H23FN2O5. The molecule has 3 rings (SSSR count). The second kappa shape index (κ2) is 10.4. The van der Waals surface area contributed by atoms with E-state index in [-0.39, 0.29) is 31.2 Å². The lowest BCUT2D eigenvalue weighted by Crippen LogP contribution is -2.31. The van der Waals surface area contributed by atoms with E-state index in [0.29, 0.717) is 29.5 Å². The van der Waals surface area contributed by atoms with Gasteiger partial charge in [0.2, 0.25) is 0 Å². The second-order valence-electron chi connectivity index (χ2n) is 6.85. The first-order valence-electron chi connectivity index (χ1n) is 9.68. The number of nitrogens with zero attached hydrogens (tertiary/aromatic N) is 2. The number of oxazole rings is 1. The van der Waals surface area contributed by atoms with E-state index in [1.54, 1.807) is 26.3 Å². The Kier molecular flexibility index (Phi) is 7.37. The normalized spacial score (nSPS) is 10.5. The Hall–Kier alpha value is -3.68. The van der Waals surface area contributed by atoms with Crippen LogP contribution in [0.4, 0.5) is 4.39 Å². The number of hydrogen-bond donors (Lipinski definition) is 0. The van der Waals surface area contributed by atoms with Gasteiger partial charge < -0.3 is 18.8 Å². The smallest absolute Gasteiger partial charge is 0.306 e. The van der Waals surface area contributed by atoms with Gasteiger partial charge in [-0.2, -0.15) is 0 Å². The molecule has 1 amide bonds. The molecule has 0 fully saturated rings. The van der Waals surface area contributed by atoms with Crippen LogP contribution in [-0.4, -0.2) is 42.5 Å². The molecule has 0 aliphatic carbocycles. The maximum atomic E-state index is 13.0. The van der Waals surface area contributed by atoms with Gasteiger partial charge in [-0.05, 0) is 30.3 Å². The van der Waals surface area contributed by atoms with Crippen molar-refractivity contribution in [3.8, 4) is 17.1 Å². The van der Waals surface area contributed by atoms with Crippen LogP contribution in [0, 0.1) is 5.82 Å². The molecule has 0 saturated carbocycles.